The van der Waals surface area contributed by atoms with Gasteiger partial charge in [-0.3, -0.25) is 5.32 Å². The number of halogens is 2. The van der Waals surface area contributed by atoms with Gasteiger partial charge in [0.2, 0.25) is 0 Å². The molecule has 0 radical (unpaired) electrons. The van der Waals surface area contributed by atoms with Crippen LogP contribution in [0.4, 0.5) is 11.4 Å². The molecular formula is C23H34Cl2CoN3. The summed E-state index contributed by atoms with van der Waals surface area (Å²) in [6, 6.07) is 14.2. The summed E-state index contributed by atoms with van der Waals surface area (Å²) in [7, 11) is 0. The van der Waals surface area contributed by atoms with Gasteiger partial charge in [0.1, 0.15) is 0 Å². The number of para-hydroxylation sites is 1. The Bertz CT molecular complexity index is 592. The Labute approximate surface area is 200 Å². The number of nitrogens with one attached hydrogen (secondary N) is 3. The van der Waals surface area contributed by atoms with Crippen molar-refractivity contribution in [3.05, 3.63) is 58.7 Å². The summed E-state index contributed by atoms with van der Waals surface area (Å²) < 4.78 is 0. The molecule has 2 aromatic rings. The first-order valence-electron chi connectivity index (χ1n) is 10.1. The van der Waals surface area contributed by atoms with E-state index in [2.05, 4.69) is 74.0 Å². The van der Waals surface area contributed by atoms with Gasteiger partial charge >= 0.3 is 16.8 Å². The fourth-order valence-corrected chi connectivity index (χ4v) is 3.37. The zero-order valence-corrected chi connectivity index (χ0v) is 20.5. The van der Waals surface area contributed by atoms with Gasteiger partial charge in [-0.15, -0.1) is 11.1 Å². The van der Waals surface area contributed by atoms with Crippen LogP contribution in [0.15, 0.2) is 30.3 Å². The molecule has 0 saturated carbocycles. The van der Waals surface area contributed by atoms with E-state index in [1.54, 1.807) is 0 Å². The Morgan fingerprint density at radius 2 is 1.31 bits per heavy atom. The average molecular weight is 482 g/mol. The zero-order valence-electron chi connectivity index (χ0n) is 17.9. The topological polar surface area (TPSA) is 36.1 Å². The van der Waals surface area contributed by atoms with Crippen molar-refractivity contribution in [2.75, 3.05) is 30.4 Å². The molecule has 29 heavy (non-hydrogen) atoms. The van der Waals surface area contributed by atoms with E-state index in [1.165, 1.54) is 33.6 Å². The maximum Gasteiger partial charge on any atom is 3.00 e. The van der Waals surface area contributed by atoms with Crippen molar-refractivity contribution in [3.63, 3.8) is 0 Å². The van der Waals surface area contributed by atoms with Gasteiger partial charge in [-0.25, -0.2) is 0 Å². The second kappa shape index (κ2) is 16.8. The van der Waals surface area contributed by atoms with Crippen molar-refractivity contribution < 1.29 is 41.6 Å². The molecule has 2 rings (SSSR count). The van der Waals surface area contributed by atoms with Crippen LogP contribution in [0.1, 0.15) is 49.9 Å². The van der Waals surface area contributed by atoms with Gasteiger partial charge in [-0.1, -0.05) is 64.4 Å². The minimum Gasteiger partial charge on any atom is -1.00 e. The van der Waals surface area contributed by atoms with Gasteiger partial charge in [0.15, 0.2) is 0 Å². The maximum atomic E-state index is 3.63. The molecule has 6 heteroatoms. The van der Waals surface area contributed by atoms with E-state index in [4.69, 9.17) is 0 Å². The number of aryl methyl sites for hydroxylation is 4. The van der Waals surface area contributed by atoms with Gasteiger partial charge in [-0.2, -0.15) is 18.2 Å². The van der Waals surface area contributed by atoms with Crippen LogP contribution in [0.3, 0.4) is 0 Å². The summed E-state index contributed by atoms with van der Waals surface area (Å²) in [4.78, 5) is 0. The summed E-state index contributed by atoms with van der Waals surface area (Å²) in [5.41, 5.74) is 8.03. The van der Waals surface area contributed by atoms with Crippen LogP contribution < -0.4 is 40.8 Å². The van der Waals surface area contributed by atoms with E-state index in [0.717, 1.165) is 45.4 Å². The van der Waals surface area contributed by atoms with E-state index >= 15 is 0 Å². The minimum atomic E-state index is 0. The monoisotopic (exact) mass is 481 g/mol. The summed E-state index contributed by atoms with van der Waals surface area (Å²) in [6.45, 7) is 11.4. The Hall–Kier alpha value is -0.914. The SMILES string of the molecule is CCc1[c-]ccc(CC)c1NCNCCNc1c(CC)cccc1CC.[Cl-].[Cl-].[Co+3]. The first kappa shape index (κ1) is 30.3. The molecule has 164 valence electrons. The molecule has 0 saturated heterocycles. The van der Waals surface area contributed by atoms with Crippen LogP contribution in [0.2, 0.25) is 0 Å². The van der Waals surface area contributed by atoms with Crippen LogP contribution in [-0.4, -0.2) is 19.8 Å². The van der Waals surface area contributed by atoms with E-state index < -0.39 is 0 Å². The molecule has 0 fully saturated rings. The third-order valence-electron chi connectivity index (χ3n) is 4.89. The third kappa shape index (κ3) is 8.77. The summed E-state index contributed by atoms with van der Waals surface area (Å²) in [6.07, 6.45) is 4.18. The maximum absolute atomic E-state index is 3.63. The Balaban J connectivity index is 0. The minimum absolute atomic E-state index is 0. The largest absolute Gasteiger partial charge is 3.00 e. The number of benzene rings is 2. The number of hydrogen-bond acceptors (Lipinski definition) is 3. The summed E-state index contributed by atoms with van der Waals surface area (Å²) in [5.74, 6) is 0. The Morgan fingerprint density at radius 3 is 1.86 bits per heavy atom. The zero-order chi connectivity index (χ0) is 18.8. The molecule has 0 amide bonds. The number of hydrogen-bond donors (Lipinski definition) is 3. The van der Waals surface area contributed by atoms with E-state index in [-0.39, 0.29) is 41.6 Å². The Morgan fingerprint density at radius 1 is 0.724 bits per heavy atom. The van der Waals surface area contributed by atoms with Crippen LogP contribution in [0.5, 0.6) is 0 Å². The summed E-state index contributed by atoms with van der Waals surface area (Å²) in [5, 5.41) is 10.7. The first-order chi connectivity index (χ1) is 12.7. The molecule has 0 aliphatic rings. The second-order valence-electron chi connectivity index (χ2n) is 6.50. The molecule has 2 aromatic carbocycles. The molecule has 0 aliphatic heterocycles. The standard InChI is InChI=1S/C23H34N3.2ClH.Co/c1-5-18-11-9-12-19(6-2)22(18)25-16-15-24-17-26-23-20(7-3)13-10-14-21(23)8-4;;;/h9-13,24-26H,5-8,15-17H2,1-4H3;2*1H;/q-1;;;+3/p-2. The number of rotatable bonds is 11. The molecule has 0 spiro atoms. The predicted octanol–water partition coefficient (Wildman–Crippen LogP) is -1.19. The van der Waals surface area contributed by atoms with Gasteiger partial charge in [0, 0.05) is 18.8 Å². The quantitative estimate of drug-likeness (QED) is 0.214. The van der Waals surface area contributed by atoms with Crippen molar-refractivity contribution in [2.45, 2.75) is 53.4 Å². The molecule has 0 aliphatic carbocycles. The van der Waals surface area contributed by atoms with Crippen LogP contribution in [-0.2, 0) is 42.5 Å². The van der Waals surface area contributed by atoms with Gasteiger partial charge in [0.05, 0.1) is 6.67 Å². The van der Waals surface area contributed by atoms with E-state index in [9.17, 15) is 0 Å². The second-order valence-corrected chi connectivity index (χ2v) is 6.50. The van der Waals surface area contributed by atoms with Gasteiger partial charge in [-0.05, 0) is 24.0 Å². The van der Waals surface area contributed by atoms with Crippen LogP contribution in [0.25, 0.3) is 0 Å². The third-order valence-corrected chi connectivity index (χ3v) is 4.89. The van der Waals surface area contributed by atoms with Crippen molar-refractivity contribution in [2.24, 2.45) is 0 Å². The molecule has 3 N–H and O–H groups in total. The van der Waals surface area contributed by atoms with Crippen molar-refractivity contribution in [1.82, 2.24) is 5.32 Å². The smallest absolute Gasteiger partial charge is 1.00 e. The van der Waals surface area contributed by atoms with Crippen LogP contribution >= 0.6 is 0 Å². The van der Waals surface area contributed by atoms with Crippen molar-refractivity contribution in [3.8, 4) is 0 Å². The molecule has 0 heterocycles. The predicted molar refractivity (Wildman–Crippen MR) is 114 cm³/mol. The fraction of sp³-hybridized carbons (Fsp3) is 0.478. The van der Waals surface area contributed by atoms with E-state index in [0.29, 0.717) is 0 Å². The molecule has 3 nitrogen and oxygen atoms in total. The first-order valence-corrected chi connectivity index (χ1v) is 10.1. The molecular weight excluding hydrogens is 448 g/mol. The average Bonchev–Trinajstić information content (AvgIpc) is 2.70. The molecule has 0 atom stereocenters. The van der Waals surface area contributed by atoms with E-state index in [1.807, 2.05) is 6.07 Å². The van der Waals surface area contributed by atoms with Crippen LogP contribution in [0, 0.1) is 6.07 Å². The van der Waals surface area contributed by atoms with Gasteiger partial charge in [0.25, 0.3) is 0 Å². The van der Waals surface area contributed by atoms with Crippen molar-refractivity contribution in [1.29, 1.82) is 0 Å². The molecule has 0 aromatic heterocycles. The summed E-state index contributed by atoms with van der Waals surface area (Å²) >= 11 is 0. The molecule has 0 bridgehead atoms. The number of anilines is 2. The van der Waals surface area contributed by atoms with Gasteiger partial charge < -0.3 is 35.4 Å². The molecule has 0 unspecified atom stereocenters. The normalized spacial score (nSPS) is 9.66. The fourth-order valence-electron chi connectivity index (χ4n) is 3.37. The van der Waals surface area contributed by atoms with Crippen molar-refractivity contribution >= 4 is 11.4 Å². The Kier molecular flexibility index (Phi) is 17.6.